The molecule has 36 heavy (non-hydrogen) atoms. The fourth-order valence-corrected chi connectivity index (χ4v) is 7.11. The minimum atomic E-state index is -1.72. The third kappa shape index (κ3) is 4.53. The van der Waals surface area contributed by atoms with Crippen molar-refractivity contribution < 1.29 is 29.4 Å². The van der Waals surface area contributed by atoms with Crippen LogP contribution < -0.4 is 11.1 Å². The summed E-state index contributed by atoms with van der Waals surface area (Å²) in [5.41, 5.74) is 7.37. The molecule has 3 heterocycles. The van der Waals surface area contributed by atoms with E-state index >= 15 is 0 Å². The summed E-state index contributed by atoms with van der Waals surface area (Å²) >= 11 is 1.99. The van der Waals surface area contributed by atoms with Gasteiger partial charge in [0, 0.05) is 18.7 Å². The Morgan fingerprint density at radius 3 is 2.61 bits per heavy atom. The topological polar surface area (TPSA) is 204 Å². The number of hydrogen-bond acceptors (Lipinski definition) is 10. The lowest BCUT2D eigenvalue weighted by Crippen LogP contribution is -2.71. The number of amides is 2. The van der Waals surface area contributed by atoms with Gasteiger partial charge in [-0.05, 0) is 35.3 Å². The van der Waals surface area contributed by atoms with Crippen molar-refractivity contribution in [1.29, 1.82) is 0 Å². The van der Waals surface area contributed by atoms with E-state index in [4.69, 9.17) is 5.73 Å². The van der Waals surface area contributed by atoms with Gasteiger partial charge in [-0.15, -0.1) is 16.9 Å². The number of tetrazole rings is 1. The Balaban J connectivity index is 1.58. The van der Waals surface area contributed by atoms with Crippen molar-refractivity contribution in [2.24, 2.45) is 5.73 Å². The van der Waals surface area contributed by atoms with Gasteiger partial charge in [0.05, 0.1) is 0 Å². The predicted octanol–water partition coefficient (Wildman–Crippen LogP) is 0.259. The average molecular weight is 536 g/mol. The van der Waals surface area contributed by atoms with Gasteiger partial charge in [0.2, 0.25) is 11.1 Å². The number of carboxylic acids is 2. The lowest BCUT2D eigenvalue weighted by Gasteiger charge is -2.51. The zero-order valence-corrected chi connectivity index (χ0v) is 20.9. The van der Waals surface area contributed by atoms with Crippen molar-refractivity contribution in [3.8, 4) is 0 Å². The molecule has 2 aliphatic heterocycles. The lowest BCUT2D eigenvalue weighted by atomic mass is 9.91. The molecule has 1 aromatic heterocycles. The molecular formula is C21H25N7O6S2. The summed E-state index contributed by atoms with van der Waals surface area (Å²) in [6.45, 7) is 1.96. The number of aliphatic carboxylic acids is 2. The summed E-state index contributed by atoms with van der Waals surface area (Å²) in [7, 11) is 0. The number of carboxylic acid groups (broad SMARTS) is 2. The number of carbonyl (C=O) groups is 4. The van der Waals surface area contributed by atoms with Crippen LogP contribution in [0.5, 0.6) is 0 Å². The quantitative estimate of drug-likeness (QED) is 0.155. The van der Waals surface area contributed by atoms with Crippen LogP contribution in [0.3, 0.4) is 0 Å². The maximum absolute atomic E-state index is 13.1. The number of allylic oxidation sites excluding steroid dienone is 2. The summed E-state index contributed by atoms with van der Waals surface area (Å²) in [4.78, 5) is 51.7. The molecule has 2 unspecified atom stereocenters. The van der Waals surface area contributed by atoms with Crippen LogP contribution in [-0.4, -0.2) is 88.0 Å². The maximum Gasteiger partial charge on any atom is 0.352 e. The van der Waals surface area contributed by atoms with Gasteiger partial charge in [0.1, 0.15) is 21.9 Å². The molecule has 13 nitrogen and oxygen atoms in total. The van der Waals surface area contributed by atoms with Crippen molar-refractivity contribution in [3.63, 3.8) is 0 Å². The summed E-state index contributed by atoms with van der Waals surface area (Å²) in [5, 5.41) is 35.5. The number of nitrogens with one attached hydrogen (secondary N) is 2. The molecule has 3 aliphatic rings. The zero-order valence-electron chi connectivity index (χ0n) is 19.3. The van der Waals surface area contributed by atoms with E-state index in [1.807, 2.05) is 12.2 Å². The highest BCUT2D eigenvalue weighted by atomic mass is 32.2. The molecule has 1 saturated heterocycles. The van der Waals surface area contributed by atoms with Crippen LogP contribution in [0.2, 0.25) is 0 Å². The number of fused-ring (bicyclic) bond motifs is 1. The highest BCUT2D eigenvalue weighted by Crippen LogP contribution is 2.49. The number of H-pyrrole nitrogens is 1. The zero-order chi connectivity index (χ0) is 26.0. The van der Waals surface area contributed by atoms with E-state index in [0.29, 0.717) is 19.4 Å². The number of rotatable bonds is 10. The fraction of sp³-hybridized carbons (Fsp3) is 0.476. The number of nitrogens with two attached hydrogens (primary N) is 1. The van der Waals surface area contributed by atoms with Crippen LogP contribution in [0.25, 0.3) is 0 Å². The Bertz CT molecular complexity index is 1180. The van der Waals surface area contributed by atoms with Crippen LogP contribution in [0.1, 0.15) is 32.6 Å². The first-order valence-corrected chi connectivity index (χ1v) is 13.0. The monoisotopic (exact) mass is 535 g/mol. The van der Waals surface area contributed by atoms with Gasteiger partial charge < -0.3 is 21.3 Å². The molecular weight excluding hydrogens is 510 g/mol. The first-order chi connectivity index (χ1) is 17.2. The van der Waals surface area contributed by atoms with E-state index in [1.165, 1.54) is 11.8 Å². The summed E-state index contributed by atoms with van der Waals surface area (Å²) in [6, 6.07) is -0.911. The molecule has 192 valence electrons. The normalized spacial score (nSPS) is 23.2. The molecule has 3 atom stereocenters. The molecule has 0 radical (unpaired) electrons. The largest absolute Gasteiger partial charge is 0.480 e. The van der Waals surface area contributed by atoms with Gasteiger partial charge in [-0.3, -0.25) is 19.3 Å². The van der Waals surface area contributed by atoms with Crippen molar-refractivity contribution in [3.05, 3.63) is 34.6 Å². The second kappa shape index (κ2) is 10.4. The van der Waals surface area contributed by atoms with E-state index in [1.54, 1.807) is 6.92 Å². The van der Waals surface area contributed by atoms with Crippen LogP contribution >= 0.6 is 23.5 Å². The Labute approximate surface area is 214 Å². The van der Waals surface area contributed by atoms with Crippen LogP contribution in [0.4, 0.5) is 0 Å². The SMILES string of the molecule is CCC(Sc1nnn[nH]1)(C(=O)O)C1=C(C(=O)O)N2C(=O)C(NC(=O)CC3=C(CN)CC=CC3)[C@@H]2SC1. The molecule has 2 amide bonds. The molecule has 0 spiro atoms. The number of carbonyl (C=O) groups excluding carboxylic acids is 2. The molecule has 0 saturated carbocycles. The van der Waals surface area contributed by atoms with E-state index in [0.717, 1.165) is 27.8 Å². The highest BCUT2D eigenvalue weighted by molar-refractivity contribution is 8.02. The molecule has 0 bridgehead atoms. The van der Waals surface area contributed by atoms with Gasteiger partial charge in [-0.1, -0.05) is 42.0 Å². The number of nitrogens with zero attached hydrogens (tertiary/aromatic N) is 4. The van der Waals surface area contributed by atoms with E-state index in [9.17, 15) is 29.4 Å². The number of β-lactam (4-membered cyclic amide) rings is 1. The predicted molar refractivity (Wildman–Crippen MR) is 129 cm³/mol. The van der Waals surface area contributed by atoms with Crippen LogP contribution in [0.15, 0.2) is 39.7 Å². The molecule has 1 fully saturated rings. The third-order valence-electron chi connectivity index (χ3n) is 6.43. The second-order valence-electron chi connectivity index (χ2n) is 8.35. The van der Waals surface area contributed by atoms with Crippen LogP contribution in [0, 0.1) is 0 Å². The Morgan fingerprint density at radius 2 is 2.03 bits per heavy atom. The number of aromatic nitrogens is 4. The van der Waals surface area contributed by atoms with Crippen LogP contribution in [-0.2, 0) is 19.2 Å². The first kappa shape index (κ1) is 25.9. The Hall–Kier alpha value is -3.17. The summed E-state index contributed by atoms with van der Waals surface area (Å²) in [5.74, 6) is -3.62. The van der Waals surface area contributed by atoms with Gasteiger partial charge in [0.15, 0.2) is 0 Å². The first-order valence-electron chi connectivity index (χ1n) is 11.1. The Morgan fingerprint density at radius 1 is 1.31 bits per heavy atom. The Kier molecular flexibility index (Phi) is 7.51. The lowest BCUT2D eigenvalue weighted by molar-refractivity contribution is -0.151. The molecule has 1 aliphatic carbocycles. The minimum absolute atomic E-state index is 0.0142. The van der Waals surface area contributed by atoms with Crippen molar-refractivity contribution in [2.45, 2.75) is 53.9 Å². The number of hydrogen-bond donors (Lipinski definition) is 5. The van der Waals surface area contributed by atoms with Crippen molar-refractivity contribution in [2.75, 3.05) is 12.3 Å². The van der Waals surface area contributed by atoms with E-state index in [-0.39, 0.29) is 40.9 Å². The molecule has 0 aromatic carbocycles. The number of aromatic amines is 1. The standard InChI is InChI=1S/C21H25N7O6S2/c1-2-21(19(33)34,36-20-24-26-27-25-20)12-9-35-17-14(16(30)28(17)15(12)18(31)32)23-13(29)7-10-5-3-4-6-11(10)8-22/h3-4,14,17H,2,5-9,22H2,1H3,(H,23,29)(H,31,32)(H,33,34)(H,24,25,26,27)/t14?,17-,21?/m0/s1. The molecule has 4 rings (SSSR count). The van der Waals surface area contributed by atoms with Gasteiger partial charge in [0.25, 0.3) is 5.91 Å². The van der Waals surface area contributed by atoms with Gasteiger partial charge >= 0.3 is 11.9 Å². The molecule has 15 heteroatoms. The summed E-state index contributed by atoms with van der Waals surface area (Å²) in [6.07, 6.45) is 5.39. The average Bonchev–Trinajstić information content (AvgIpc) is 3.38. The number of thioether (sulfide) groups is 2. The molecule has 1 aromatic rings. The van der Waals surface area contributed by atoms with Gasteiger partial charge in [-0.25, -0.2) is 9.89 Å². The smallest absolute Gasteiger partial charge is 0.352 e. The van der Waals surface area contributed by atoms with Crippen molar-refractivity contribution >= 4 is 47.3 Å². The highest BCUT2D eigenvalue weighted by Gasteiger charge is 2.58. The fourth-order valence-electron chi connectivity index (χ4n) is 4.54. The third-order valence-corrected chi connectivity index (χ3v) is 9.13. The van der Waals surface area contributed by atoms with Gasteiger partial charge in [-0.2, -0.15) is 0 Å². The minimum Gasteiger partial charge on any atom is -0.480 e. The second-order valence-corrected chi connectivity index (χ2v) is 10.7. The van der Waals surface area contributed by atoms with E-state index < -0.39 is 34.0 Å². The molecule has 6 N–H and O–H groups in total. The summed E-state index contributed by atoms with van der Waals surface area (Å²) < 4.78 is -1.72. The van der Waals surface area contributed by atoms with E-state index in [2.05, 4.69) is 25.9 Å². The maximum atomic E-state index is 13.1. The van der Waals surface area contributed by atoms with Crippen molar-refractivity contribution in [1.82, 2.24) is 30.8 Å².